The second-order valence-electron chi connectivity index (χ2n) is 10.3. The topological polar surface area (TPSA) is 65.6 Å². The van der Waals surface area contributed by atoms with Gasteiger partial charge in [0.2, 0.25) is 5.91 Å². The molecule has 1 fully saturated rings. The summed E-state index contributed by atoms with van der Waals surface area (Å²) in [4.78, 5) is 33.3. The molecule has 0 unspecified atom stereocenters. The van der Waals surface area contributed by atoms with Crippen molar-refractivity contribution in [2.45, 2.75) is 38.6 Å². The van der Waals surface area contributed by atoms with E-state index in [1.807, 2.05) is 37.2 Å². The van der Waals surface area contributed by atoms with E-state index in [1.54, 1.807) is 6.07 Å². The van der Waals surface area contributed by atoms with Gasteiger partial charge >= 0.3 is 5.97 Å². The van der Waals surface area contributed by atoms with Crippen molar-refractivity contribution in [1.82, 2.24) is 4.98 Å². The van der Waals surface area contributed by atoms with Crippen LogP contribution < -0.4 is 9.80 Å². The number of aromatic amines is 1. The van der Waals surface area contributed by atoms with Crippen LogP contribution in [0.5, 0.6) is 0 Å². The van der Waals surface area contributed by atoms with Crippen molar-refractivity contribution in [2.75, 3.05) is 31.0 Å². The summed E-state index contributed by atoms with van der Waals surface area (Å²) in [7, 11) is 5.44. The van der Waals surface area contributed by atoms with Crippen molar-refractivity contribution >= 4 is 34.2 Å². The predicted octanol–water partition coefficient (Wildman–Crippen LogP) is 6.80. The van der Waals surface area contributed by atoms with Gasteiger partial charge in [0.15, 0.2) is 0 Å². The fourth-order valence-corrected chi connectivity index (χ4v) is 5.37. The van der Waals surface area contributed by atoms with E-state index in [2.05, 4.69) is 58.4 Å². The molecule has 0 spiro atoms. The lowest BCUT2D eigenvalue weighted by Crippen LogP contribution is -2.36. The first kappa shape index (κ1) is 25.6. The molecule has 1 amide bonds. The van der Waals surface area contributed by atoms with Gasteiger partial charge in [-0.25, -0.2) is 4.79 Å². The number of nitrogens with one attached hydrogen (secondary N) is 1. The molecule has 196 valence electrons. The normalized spacial score (nSPS) is 13.9. The van der Waals surface area contributed by atoms with Gasteiger partial charge in [-0.05, 0) is 53.8 Å². The summed E-state index contributed by atoms with van der Waals surface area (Å²) >= 11 is 0. The number of methoxy groups -OCH3 is 1. The SMILES string of the molecule is COC(=O)c1cc2cccc(N(Cc3ccc(-c4ccc(N(C)C)cc4)cc3)C(=O)C3CCCCC3)c2[nH]1. The number of carbonyl (C=O) groups excluding carboxylic acids is 2. The van der Waals surface area contributed by atoms with E-state index < -0.39 is 5.97 Å². The van der Waals surface area contributed by atoms with Gasteiger partial charge in [0.1, 0.15) is 5.69 Å². The van der Waals surface area contributed by atoms with Gasteiger partial charge in [-0.2, -0.15) is 0 Å². The van der Waals surface area contributed by atoms with Gasteiger partial charge < -0.3 is 19.5 Å². The zero-order valence-corrected chi connectivity index (χ0v) is 22.4. The lowest BCUT2D eigenvalue weighted by Gasteiger charge is -2.30. The zero-order chi connectivity index (χ0) is 26.6. The Labute approximate surface area is 224 Å². The molecule has 0 atom stereocenters. The van der Waals surface area contributed by atoms with E-state index in [0.29, 0.717) is 12.2 Å². The molecule has 1 N–H and O–H groups in total. The molecule has 0 radical (unpaired) electrons. The molecule has 3 aromatic carbocycles. The summed E-state index contributed by atoms with van der Waals surface area (Å²) < 4.78 is 4.92. The van der Waals surface area contributed by atoms with Crippen LogP contribution in [0.1, 0.15) is 48.2 Å². The summed E-state index contributed by atoms with van der Waals surface area (Å²) in [6, 6.07) is 24.6. The number of aromatic nitrogens is 1. The number of ether oxygens (including phenoxy) is 1. The predicted molar refractivity (Wildman–Crippen MR) is 154 cm³/mol. The number of nitrogens with zero attached hydrogens (tertiary/aromatic N) is 2. The van der Waals surface area contributed by atoms with Gasteiger partial charge in [-0.3, -0.25) is 4.79 Å². The van der Waals surface area contributed by atoms with Crippen LogP contribution in [0, 0.1) is 5.92 Å². The van der Waals surface area contributed by atoms with Gasteiger partial charge in [0.05, 0.1) is 24.9 Å². The number of carbonyl (C=O) groups is 2. The number of benzene rings is 3. The molecule has 4 aromatic rings. The van der Waals surface area contributed by atoms with Crippen molar-refractivity contribution in [3.8, 4) is 11.1 Å². The Balaban J connectivity index is 1.47. The number of amides is 1. The molecule has 0 aliphatic heterocycles. The average molecular weight is 510 g/mol. The number of fused-ring (bicyclic) bond motifs is 1. The van der Waals surface area contributed by atoms with Gasteiger partial charge in [-0.15, -0.1) is 0 Å². The highest BCUT2D eigenvalue weighted by atomic mass is 16.5. The fraction of sp³-hybridized carbons (Fsp3) is 0.312. The summed E-state index contributed by atoms with van der Waals surface area (Å²) in [5.41, 5.74) is 6.45. The van der Waals surface area contributed by atoms with Crippen LogP contribution in [0.15, 0.2) is 72.8 Å². The van der Waals surface area contributed by atoms with Crippen molar-refractivity contribution in [3.63, 3.8) is 0 Å². The minimum atomic E-state index is -0.425. The molecule has 1 saturated carbocycles. The van der Waals surface area contributed by atoms with Gasteiger partial charge in [0.25, 0.3) is 0 Å². The number of anilines is 2. The minimum absolute atomic E-state index is 0.0172. The molecule has 0 bridgehead atoms. The largest absolute Gasteiger partial charge is 0.464 e. The quantitative estimate of drug-likeness (QED) is 0.278. The average Bonchev–Trinajstić information content (AvgIpc) is 3.41. The molecular weight excluding hydrogens is 474 g/mol. The van der Waals surface area contributed by atoms with Crippen molar-refractivity contribution in [2.24, 2.45) is 5.92 Å². The highest BCUT2D eigenvalue weighted by molar-refractivity contribution is 6.05. The maximum absolute atomic E-state index is 13.9. The van der Waals surface area contributed by atoms with Crippen molar-refractivity contribution in [1.29, 1.82) is 0 Å². The lowest BCUT2D eigenvalue weighted by atomic mass is 9.88. The highest BCUT2D eigenvalue weighted by Crippen LogP contribution is 2.33. The Hall–Kier alpha value is -4.06. The third-order valence-corrected chi connectivity index (χ3v) is 7.56. The van der Waals surface area contributed by atoms with E-state index in [-0.39, 0.29) is 11.8 Å². The molecule has 6 nitrogen and oxygen atoms in total. The number of hydrogen-bond donors (Lipinski definition) is 1. The van der Waals surface area contributed by atoms with Gasteiger partial charge in [0, 0.05) is 31.1 Å². The number of rotatable bonds is 7. The van der Waals surface area contributed by atoms with Crippen LogP contribution in [0.25, 0.3) is 22.0 Å². The van der Waals surface area contributed by atoms with Crippen LogP contribution in [0.2, 0.25) is 0 Å². The van der Waals surface area contributed by atoms with E-state index >= 15 is 0 Å². The molecule has 1 aliphatic rings. The van der Waals surface area contributed by atoms with E-state index in [9.17, 15) is 9.59 Å². The fourth-order valence-electron chi connectivity index (χ4n) is 5.37. The Morgan fingerprint density at radius 3 is 2.18 bits per heavy atom. The molecule has 5 rings (SSSR count). The third kappa shape index (κ3) is 5.30. The number of esters is 1. The minimum Gasteiger partial charge on any atom is -0.464 e. The Morgan fingerprint density at radius 1 is 0.895 bits per heavy atom. The first-order chi connectivity index (χ1) is 18.4. The maximum Gasteiger partial charge on any atom is 0.354 e. The summed E-state index contributed by atoms with van der Waals surface area (Å²) in [5, 5.41) is 0.876. The number of para-hydroxylation sites is 1. The van der Waals surface area contributed by atoms with Crippen molar-refractivity contribution in [3.05, 3.63) is 84.1 Å². The molecule has 38 heavy (non-hydrogen) atoms. The second-order valence-corrected chi connectivity index (χ2v) is 10.3. The summed E-state index contributed by atoms with van der Waals surface area (Å²) in [6.45, 7) is 0.459. The smallest absolute Gasteiger partial charge is 0.354 e. The Kier molecular flexibility index (Phi) is 7.50. The Bertz CT molecular complexity index is 1410. The van der Waals surface area contributed by atoms with Crippen LogP contribution in [0.4, 0.5) is 11.4 Å². The zero-order valence-electron chi connectivity index (χ0n) is 22.4. The molecule has 1 aromatic heterocycles. The summed E-state index contributed by atoms with van der Waals surface area (Å²) in [5.74, 6) is -0.259. The Morgan fingerprint density at radius 2 is 1.55 bits per heavy atom. The molecule has 0 saturated heterocycles. The molecule has 1 heterocycles. The summed E-state index contributed by atoms with van der Waals surface area (Å²) in [6.07, 6.45) is 5.21. The number of hydrogen-bond acceptors (Lipinski definition) is 4. The monoisotopic (exact) mass is 509 g/mol. The van der Waals surface area contributed by atoms with Crippen LogP contribution in [0.3, 0.4) is 0 Å². The number of H-pyrrole nitrogens is 1. The van der Waals surface area contributed by atoms with Crippen molar-refractivity contribution < 1.29 is 14.3 Å². The first-order valence-corrected chi connectivity index (χ1v) is 13.3. The highest BCUT2D eigenvalue weighted by Gasteiger charge is 2.28. The molecule has 1 aliphatic carbocycles. The standard InChI is InChI=1S/C32H35N3O3/c1-34(2)27-18-16-24(17-19-27)23-14-12-22(13-15-23)21-35(31(36)25-8-5-4-6-9-25)29-11-7-10-26-20-28(32(37)38-3)33-30(26)29/h7,10-20,25,33H,4-6,8-9,21H2,1-3H3. The maximum atomic E-state index is 13.9. The van der Waals surface area contributed by atoms with Crippen LogP contribution in [-0.2, 0) is 16.1 Å². The van der Waals surface area contributed by atoms with Crippen LogP contribution >= 0.6 is 0 Å². The van der Waals surface area contributed by atoms with E-state index in [4.69, 9.17) is 4.74 Å². The lowest BCUT2D eigenvalue weighted by molar-refractivity contribution is -0.123. The third-order valence-electron chi connectivity index (χ3n) is 7.56. The molecule has 6 heteroatoms. The van der Waals surface area contributed by atoms with Crippen LogP contribution in [-0.4, -0.2) is 38.1 Å². The first-order valence-electron chi connectivity index (χ1n) is 13.3. The van der Waals surface area contributed by atoms with Gasteiger partial charge in [-0.1, -0.05) is 67.8 Å². The van der Waals surface area contributed by atoms with E-state index in [0.717, 1.165) is 64.7 Å². The second kappa shape index (κ2) is 11.1. The van der Waals surface area contributed by atoms with E-state index in [1.165, 1.54) is 13.5 Å². The molecular formula is C32H35N3O3.